The quantitative estimate of drug-likeness (QED) is 0.680. The summed E-state index contributed by atoms with van der Waals surface area (Å²) < 4.78 is 0. The number of carbonyl (C=O) groups is 1. The first-order valence-electron chi connectivity index (χ1n) is 7.16. The van der Waals surface area contributed by atoms with E-state index in [4.69, 9.17) is 5.11 Å². The van der Waals surface area contributed by atoms with Crippen molar-refractivity contribution in [3.63, 3.8) is 0 Å². The summed E-state index contributed by atoms with van der Waals surface area (Å²) in [6.45, 7) is 2.16. The molecule has 1 saturated carbocycles. The lowest BCUT2D eigenvalue weighted by atomic mass is 9.85. The smallest absolute Gasteiger partial charge is 0.335 e. The van der Waals surface area contributed by atoms with Gasteiger partial charge in [-0.3, -0.25) is 10.1 Å². The maximum atomic E-state index is 11.3. The highest BCUT2D eigenvalue weighted by Gasteiger charge is 2.29. The van der Waals surface area contributed by atoms with E-state index < -0.39 is 10.9 Å². The van der Waals surface area contributed by atoms with E-state index >= 15 is 0 Å². The fourth-order valence-electron chi connectivity index (χ4n) is 3.15. The molecule has 0 spiro atoms. The number of hydrogen-bond acceptors (Lipinski definition) is 4. The molecular formula is C15H20N2O4. The van der Waals surface area contributed by atoms with Gasteiger partial charge in [-0.2, -0.15) is 0 Å². The second-order valence-electron chi connectivity index (χ2n) is 5.71. The number of carboxylic acid groups (broad SMARTS) is 1. The minimum absolute atomic E-state index is 0.0597. The Balaban J connectivity index is 2.37. The summed E-state index contributed by atoms with van der Waals surface area (Å²) in [5.74, 6) is -0.680. The summed E-state index contributed by atoms with van der Waals surface area (Å²) >= 11 is 0. The van der Waals surface area contributed by atoms with Gasteiger partial charge in [-0.05, 0) is 30.9 Å². The van der Waals surface area contributed by atoms with Crippen LogP contribution in [0.15, 0.2) is 18.2 Å². The van der Waals surface area contributed by atoms with Gasteiger partial charge in [0.05, 0.1) is 10.5 Å². The number of nitrogens with zero attached hydrogens (tertiary/aromatic N) is 2. The lowest BCUT2D eigenvalue weighted by Gasteiger charge is -2.37. The van der Waals surface area contributed by atoms with Crippen molar-refractivity contribution >= 4 is 17.3 Å². The molecule has 6 heteroatoms. The molecule has 2 atom stereocenters. The summed E-state index contributed by atoms with van der Waals surface area (Å²) in [6, 6.07) is 4.37. The van der Waals surface area contributed by atoms with Crippen LogP contribution in [0, 0.1) is 16.0 Å². The van der Waals surface area contributed by atoms with E-state index in [1.165, 1.54) is 12.5 Å². The maximum Gasteiger partial charge on any atom is 0.335 e. The van der Waals surface area contributed by atoms with Crippen LogP contribution in [0.3, 0.4) is 0 Å². The molecule has 0 bridgehead atoms. The number of benzene rings is 1. The molecule has 1 aromatic rings. The molecule has 0 radical (unpaired) electrons. The minimum Gasteiger partial charge on any atom is -0.478 e. The number of anilines is 1. The predicted octanol–water partition coefficient (Wildman–Crippen LogP) is 3.31. The Morgan fingerprint density at radius 3 is 2.62 bits per heavy atom. The van der Waals surface area contributed by atoms with Gasteiger partial charge in [-0.1, -0.05) is 19.8 Å². The van der Waals surface area contributed by atoms with E-state index in [0.29, 0.717) is 11.6 Å². The number of aromatic carboxylic acids is 1. The average molecular weight is 292 g/mol. The molecule has 1 aliphatic carbocycles. The van der Waals surface area contributed by atoms with E-state index in [2.05, 4.69) is 6.92 Å². The van der Waals surface area contributed by atoms with Gasteiger partial charge in [0.1, 0.15) is 5.69 Å². The molecule has 21 heavy (non-hydrogen) atoms. The van der Waals surface area contributed by atoms with Gasteiger partial charge in [0, 0.05) is 19.2 Å². The standard InChI is InChI=1S/C15H20N2O4/c1-10-5-3-4-6-12(10)16(2)13-8-7-11(15(18)19)9-14(13)17(20)21/h7-10,12H,3-6H2,1-2H3,(H,18,19). The van der Waals surface area contributed by atoms with Crippen molar-refractivity contribution in [3.8, 4) is 0 Å². The number of nitro groups is 1. The van der Waals surface area contributed by atoms with Crippen LogP contribution in [0.1, 0.15) is 43.0 Å². The normalized spacial score (nSPS) is 21.8. The third-order valence-corrected chi connectivity index (χ3v) is 4.36. The van der Waals surface area contributed by atoms with Crippen LogP contribution in [0.4, 0.5) is 11.4 Å². The second kappa shape index (κ2) is 6.11. The molecule has 0 amide bonds. The zero-order chi connectivity index (χ0) is 15.6. The van der Waals surface area contributed by atoms with Crippen LogP contribution in [-0.2, 0) is 0 Å². The van der Waals surface area contributed by atoms with E-state index in [9.17, 15) is 14.9 Å². The molecule has 1 aromatic carbocycles. The fourth-order valence-corrected chi connectivity index (χ4v) is 3.15. The van der Waals surface area contributed by atoms with Gasteiger partial charge >= 0.3 is 5.97 Å². The number of hydrogen-bond donors (Lipinski definition) is 1. The van der Waals surface area contributed by atoms with E-state index in [1.54, 1.807) is 6.07 Å². The van der Waals surface area contributed by atoms with Gasteiger partial charge in [-0.25, -0.2) is 4.79 Å². The Labute approximate surface area is 123 Å². The largest absolute Gasteiger partial charge is 0.478 e. The zero-order valence-corrected chi connectivity index (χ0v) is 12.3. The van der Waals surface area contributed by atoms with Crippen molar-refractivity contribution in [2.24, 2.45) is 5.92 Å². The molecule has 0 aliphatic heterocycles. The molecule has 1 fully saturated rings. The first-order valence-corrected chi connectivity index (χ1v) is 7.16. The zero-order valence-electron chi connectivity index (χ0n) is 12.3. The Morgan fingerprint density at radius 1 is 1.38 bits per heavy atom. The number of rotatable bonds is 4. The molecule has 1 N–H and O–H groups in total. The van der Waals surface area contributed by atoms with Gasteiger partial charge < -0.3 is 10.0 Å². The first-order chi connectivity index (χ1) is 9.91. The molecule has 0 heterocycles. The summed E-state index contributed by atoms with van der Waals surface area (Å²) in [6.07, 6.45) is 4.46. The van der Waals surface area contributed by atoms with Crippen molar-refractivity contribution in [1.29, 1.82) is 0 Å². The third kappa shape index (κ3) is 3.15. The van der Waals surface area contributed by atoms with E-state index in [0.717, 1.165) is 25.3 Å². The Kier molecular flexibility index (Phi) is 4.45. The predicted molar refractivity (Wildman–Crippen MR) is 79.9 cm³/mol. The molecule has 1 aliphatic rings. The molecule has 0 aromatic heterocycles. The first kappa shape index (κ1) is 15.3. The molecule has 114 valence electrons. The molecule has 0 saturated heterocycles. The van der Waals surface area contributed by atoms with Crippen molar-refractivity contribution in [1.82, 2.24) is 0 Å². The van der Waals surface area contributed by atoms with Crippen molar-refractivity contribution in [3.05, 3.63) is 33.9 Å². The highest BCUT2D eigenvalue weighted by atomic mass is 16.6. The van der Waals surface area contributed by atoms with Crippen LogP contribution in [0.25, 0.3) is 0 Å². The van der Waals surface area contributed by atoms with Crippen LogP contribution in [-0.4, -0.2) is 29.1 Å². The third-order valence-electron chi connectivity index (χ3n) is 4.36. The monoisotopic (exact) mass is 292 g/mol. The second-order valence-corrected chi connectivity index (χ2v) is 5.71. The van der Waals surface area contributed by atoms with Crippen molar-refractivity contribution in [2.75, 3.05) is 11.9 Å². The van der Waals surface area contributed by atoms with Crippen LogP contribution in [0.5, 0.6) is 0 Å². The molecule has 6 nitrogen and oxygen atoms in total. The van der Waals surface area contributed by atoms with Gasteiger partial charge in [0.2, 0.25) is 0 Å². The van der Waals surface area contributed by atoms with Crippen molar-refractivity contribution < 1.29 is 14.8 Å². The van der Waals surface area contributed by atoms with Crippen LogP contribution in [0.2, 0.25) is 0 Å². The average Bonchev–Trinajstić information content (AvgIpc) is 2.46. The molecule has 2 unspecified atom stereocenters. The Hall–Kier alpha value is -2.11. The van der Waals surface area contributed by atoms with Crippen molar-refractivity contribution in [2.45, 2.75) is 38.6 Å². The number of carboxylic acids is 1. The molecule has 2 rings (SSSR count). The lowest BCUT2D eigenvalue weighted by molar-refractivity contribution is -0.384. The SMILES string of the molecule is CC1CCCCC1N(C)c1ccc(C(=O)O)cc1[N+](=O)[O-]. The molecular weight excluding hydrogens is 272 g/mol. The summed E-state index contributed by atoms with van der Waals surface area (Å²) in [5, 5.41) is 20.2. The lowest BCUT2D eigenvalue weighted by Crippen LogP contribution is -2.39. The Morgan fingerprint density at radius 2 is 2.05 bits per heavy atom. The number of nitro benzene ring substituents is 1. The Bertz CT molecular complexity index is 559. The van der Waals surface area contributed by atoms with Crippen LogP contribution < -0.4 is 4.90 Å². The topological polar surface area (TPSA) is 83.7 Å². The summed E-state index contributed by atoms with van der Waals surface area (Å²) in [7, 11) is 1.86. The maximum absolute atomic E-state index is 11.3. The van der Waals surface area contributed by atoms with Gasteiger partial charge in [0.15, 0.2) is 0 Å². The highest BCUT2D eigenvalue weighted by Crippen LogP contribution is 2.35. The highest BCUT2D eigenvalue weighted by molar-refractivity contribution is 5.89. The van der Waals surface area contributed by atoms with E-state index in [1.807, 2.05) is 11.9 Å². The van der Waals surface area contributed by atoms with Gasteiger partial charge in [-0.15, -0.1) is 0 Å². The summed E-state index contributed by atoms with van der Waals surface area (Å²) in [4.78, 5) is 23.7. The van der Waals surface area contributed by atoms with Crippen LogP contribution >= 0.6 is 0 Å². The minimum atomic E-state index is -1.15. The van der Waals surface area contributed by atoms with E-state index in [-0.39, 0.29) is 17.3 Å². The summed E-state index contributed by atoms with van der Waals surface area (Å²) in [5.41, 5.74) is 0.287. The van der Waals surface area contributed by atoms with Gasteiger partial charge in [0.25, 0.3) is 5.69 Å². The fraction of sp³-hybridized carbons (Fsp3) is 0.533.